The van der Waals surface area contributed by atoms with Crippen LogP contribution in [0.25, 0.3) is 0 Å². The molecule has 0 fully saturated rings. The van der Waals surface area contributed by atoms with Crippen molar-refractivity contribution in [3.8, 4) is 5.75 Å². The van der Waals surface area contributed by atoms with Gasteiger partial charge in [0.1, 0.15) is 12.3 Å². The van der Waals surface area contributed by atoms with Gasteiger partial charge in [0.2, 0.25) is 11.8 Å². The first-order chi connectivity index (χ1) is 12.4. The number of hydrogen-bond acceptors (Lipinski definition) is 3. The van der Waals surface area contributed by atoms with Gasteiger partial charge in [0.15, 0.2) is 0 Å². The molecule has 1 N–H and O–H groups in total. The molecule has 0 aromatic heterocycles. The van der Waals surface area contributed by atoms with Crippen molar-refractivity contribution in [3.05, 3.63) is 54.1 Å². The maximum absolute atomic E-state index is 12.4. The minimum atomic E-state index is -0.244. The Kier molecular flexibility index (Phi) is 6.78. The van der Waals surface area contributed by atoms with Crippen molar-refractivity contribution in [3.63, 3.8) is 0 Å². The van der Waals surface area contributed by atoms with E-state index in [4.69, 9.17) is 4.74 Å². The summed E-state index contributed by atoms with van der Waals surface area (Å²) in [5.41, 5.74) is 2.59. The minimum absolute atomic E-state index is 0.0464. The van der Waals surface area contributed by atoms with E-state index in [0.717, 1.165) is 11.4 Å². The summed E-state index contributed by atoms with van der Waals surface area (Å²) in [6.45, 7) is 8.13. The number of nitrogens with zero attached hydrogens (tertiary/aromatic N) is 1. The van der Waals surface area contributed by atoms with Crippen molar-refractivity contribution < 1.29 is 14.3 Å². The Morgan fingerprint density at radius 3 is 2.15 bits per heavy atom. The lowest BCUT2D eigenvalue weighted by Gasteiger charge is -2.21. The molecule has 2 amide bonds. The Labute approximate surface area is 155 Å². The lowest BCUT2D eigenvalue weighted by atomic mass is 10.0. The van der Waals surface area contributed by atoms with Crippen LogP contribution >= 0.6 is 0 Å². The first kappa shape index (κ1) is 19.5. The fraction of sp³-hybridized carbons (Fsp3) is 0.333. The van der Waals surface area contributed by atoms with Gasteiger partial charge in [-0.3, -0.25) is 9.59 Å². The molecule has 138 valence electrons. The number of nitrogens with one attached hydrogen (secondary N) is 1. The van der Waals surface area contributed by atoms with E-state index >= 15 is 0 Å². The minimum Gasteiger partial charge on any atom is -0.494 e. The fourth-order valence-corrected chi connectivity index (χ4v) is 2.57. The van der Waals surface area contributed by atoms with Gasteiger partial charge in [-0.15, -0.1) is 0 Å². The summed E-state index contributed by atoms with van der Waals surface area (Å²) >= 11 is 0. The second-order valence-electron chi connectivity index (χ2n) is 6.36. The first-order valence-corrected chi connectivity index (χ1v) is 8.81. The molecule has 0 saturated carbocycles. The molecule has 0 heterocycles. The second-order valence-corrected chi connectivity index (χ2v) is 6.36. The molecule has 26 heavy (non-hydrogen) atoms. The summed E-state index contributed by atoms with van der Waals surface area (Å²) in [6.07, 6.45) is 0. The molecule has 2 aromatic rings. The van der Waals surface area contributed by atoms with Crippen molar-refractivity contribution in [2.24, 2.45) is 0 Å². The monoisotopic (exact) mass is 354 g/mol. The molecular formula is C21H26N2O3. The SMILES string of the molecule is CCOc1ccc(N(CC(=O)Nc2ccc(C(C)C)cc2)C(C)=O)cc1. The van der Waals surface area contributed by atoms with Gasteiger partial charge in [0.05, 0.1) is 6.61 Å². The van der Waals surface area contributed by atoms with Gasteiger partial charge in [-0.2, -0.15) is 0 Å². The highest BCUT2D eigenvalue weighted by Gasteiger charge is 2.16. The van der Waals surface area contributed by atoms with Gasteiger partial charge in [-0.25, -0.2) is 0 Å². The number of carbonyl (C=O) groups is 2. The van der Waals surface area contributed by atoms with Gasteiger partial charge in [-0.1, -0.05) is 26.0 Å². The lowest BCUT2D eigenvalue weighted by Crippen LogP contribution is -2.36. The van der Waals surface area contributed by atoms with Crippen LogP contribution in [0.1, 0.15) is 39.2 Å². The maximum Gasteiger partial charge on any atom is 0.244 e. The van der Waals surface area contributed by atoms with Crippen molar-refractivity contribution in [2.45, 2.75) is 33.6 Å². The van der Waals surface area contributed by atoms with Crippen LogP contribution < -0.4 is 15.0 Å². The third kappa shape index (κ3) is 5.34. The summed E-state index contributed by atoms with van der Waals surface area (Å²) in [7, 11) is 0. The number of benzene rings is 2. The van der Waals surface area contributed by atoms with E-state index < -0.39 is 0 Å². The topological polar surface area (TPSA) is 58.6 Å². The van der Waals surface area contributed by atoms with E-state index in [1.807, 2.05) is 31.2 Å². The highest BCUT2D eigenvalue weighted by atomic mass is 16.5. The summed E-state index contributed by atoms with van der Waals surface area (Å²) < 4.78 is 5.40. The van der Waals surface area contributed by atoms with Gasteiger partial charge in [0, 0.05) is 18.3 Å². The average Bonchev–Trinajstić information content (AvgIpc) is 2.61. The highest BCUT2D eigenvalue weighted by Crippen LogP contribution is 2.20. The maximum atomic E-state index is 12.4. The zero-order valence-corrected chi connectivity index (χ0v) is 15.8. The molecule has 0 spiro atoms. The molecule has 0 unspecified atom stereocenters. The van der Waals surface area contributed by atoms with Crippen LogP contribution in [0.15, 0.2) is 48.5 Å². The van der Waals surface area contributed by atoms with Crippen LogP contribution in [-0.4, -0.2) is 25.0 Å². The van der Waals surface area contributed by atoms with Gasteiger partial charge < -0.3 is 15.0 Å². The molecule has 0 aliphatic heterocycles. The van der Waals surface area contributed by atoms with Crippen LogP contribution in [0, 0.1) is 0 Å². The summed E-state index contributed by atoms with van der Waals surface area (Å²) in [4.78, 5) is 25.8. The zero-order valence-electron chi connectivity index (χ0n) is 15.8. The van der Waals surface area contributed by atoms with Crippen LogP contribution in [0.5, 0.6) is 5.75 Å². The van der Waals surface area contributed by atoms with Gasteiger partial charge in [-0.05, 0) is 54.8 Å². The van der Waals surface area contributed by atoms with Crippen LogP contribution in [-0.2, 0) is 9.59 Å². The Hall–Kier alpha value is -2.82. The van der Waals surface area contributed by atoms with Crippen LogP contribution in [0.4, 0.5) is 11.4 Å². The molecule has 0 aliphatic carbocycles. The fourth-order valence-electron chi connectivity index (χ4n) is 2.57. The van der Waals surface area contributed by atoms with Crippen molar-refractivity contribution in [1.29, 1.82) is 0 Å². The van der Waals surface area contributed by atoms with E-state index in [0.29, 0.717) is 18.2 Å². The van der Waals surface area contributed by atoms with Crippen molar-refractivity contribution >= 4 is 23.2 Å². The van der Waals surface area contributed by atoms with Gasteiger partial charge in [0.25, 0.3) is 0 Å². The number of anilines is 2. The number of amides is 2. The Morgan fingerprint density at radius 1 is 1.04 bits per heavy atom. The molecule has 5 nitrogen and oxygen atoms in total. The zero-order chi connectivity index (χ0) is 19.1. The van der Waals surface area contributed by atoms with Crippen LogP contribution in [0.2, 0.25) is 0 Å². The van der Waals surface area contributed by atoms with E-state index in [1.54, 1.807) is 24.3 Å². The summed E-state index contributed by atoms with van der Waals surface area (Å²) in [5.74, 6) is 0.730. The molecule has 5 heteroatoms. The van der Waals surface area contributed by atoms with Gasteiger partial charge >= 0.3 is 0 Å². The van der Waals surface area contributed by atoms with Crippen LogP contribution in [0.3, 0.4) is 0 Å². The summed E-state index contributed by atoms with van der Waals surface area (Å²) in [5, 5.41) is 2.84. The highest BCUT2D eigenvalue weighted by molar-refractivity contribution is 6.01. The lowest BCUT2D eigenvalue weighted by molar-refractivity contribution is -0.120. The van der Waals surface area contributed by atoms with E-state index in [2.05, 4.69) is 19.2 Å². The Morgan fingerprint density at radius 2 is 1.65 bits per heavy atom. The smallest absolute Gasteiger partial charge is 0.244 e. The predicted octanol–water partition coefficient (Wildman–Crippen LogP) is 4.20. The van der Waals surface area contributed by atoms with E-state index in [-0.39, 0.29) is 18.4 Å². The third-order valence-electron chi connectivity index (χ3n) is 4.00. The first-order valence-electron chi connectivity index (χ1n) is 8.81. The Balaban J connectivity index is 2.04. The molecule has 2 rings (SSSR count). The molecule has 2 aromatic carbocycles. The molecule has 0 bridgehead atoms. The molecular weight excluding hydrogens is 328 g/mol. The predicted molar refractivity (Wildman–Crippen MR) is 105 cm³/mol. The number of rotatable bonds is 7. The second kappa shape index (κ2) is 9.04. The standard InChI is InChI=1S/C21H26N2O3/c1-5-26-20-12-10-19(11-13-20)23(16(4)24)14-21(25)22-18-8-6-17(7-9-18)15(2)3/h6-13,15H,5,14H2,1-4H3,(H,22,25). The third-order valence-corrected chi connectivity index (χ3v) is 4.00. The largest absolute Gasteiger partial charge is 0.494 e. The molecule has 0 saturated heterocycles. The Bertz CT molecular complexity index is 737. The molecule has 0 aliphatic rings. The van der Waals surface area contributed by atoms with Crippen molar-refractivity contribution in [2.75, 3.05) is 23.4 Å². The average molecular weight is 354 g/mol. The quantitative estimate of drug-likeness (QED) is 0.811. The number of ether oxygens (including phenoxy) is 1. The molecule has 0 atom stereocenters. The van der Waals surface area contributed by atoms with Crippen molar-refractivity contribution in [1.82, 2.24) is 0 Å². The number of carbonyl (C=O) groups excluding carboxylic acids is 2. The van der Waals surface area contributed by atoms with E-state index in [9.17, 15) is 9.59 Å². The number of hydrogen-bond donors (Lipinski definition) is 1. The normalized spacial score (nSPS) is 10.5. The molecule has 0 radical (unpaired) electrons. The van der Waals surface area contributed by atoms with E-state index in [1.165, 1.54) is 17.4 Å². The summed E-state index contributed by atoms with van der Waals surface area (Å²) in [6, 6.07) is 14.9.